The zero-order valence-electron chi connectivity index (χ0n) is 8.88. The number of hydrogen-bond acceptors (Lipinski definition) is 3. The first-order valence-electron chi connectivity index (χ1n) is 4.43. The van der Waals surface area contributed by atoms with E-state index < -0.39 is 0 Å². The molecule has 0 bridgehead atoms. The third kappa shape index (κ3) is 1.92. The van der Waals surface area contributed by atoms with E-state index in [2.05, 4.69) is 0 Å². The van der Waals surface area contributed by atoms with Gasteiger partial charge in [-0.1, -0.05) is 20.8 Å². The van der Waals surface area contributed by atoms with Gasteiger partial charge in [-0.05, 0) is 11.5 Å². The van der Waals surface area contributed by atoms with Gasteiger partial charge >= 0.3 is 0 Å². The van der Waals surface area contributed by atoms with Crippen molar-refractivity contribution in [2.24, 2.45) is 5.41 Å². The number of Topliss-reactive ketones (excluding diaryl/α,β-unsaturated/α-hetero) is 1. The normalized spacial score (nSPS) is 17.7. The van der Waals surface area contributed by atoms with Crippen LogP contribution in [0.25, 0.3) is 0 Å². The van der Waals surface area contributed by atoms with Crippen molar-refractivity contribution < 1.29 is 14.3 Å². The summed E-state index contributed by atoms with van der Waals surface area (Å²) in [5.41, 5.74) is 0.173. The van der Waals surface area contributed by atoms with E-state index in [1.807, 2.05) is 20.8 Å². The van der Waals surface area contributed by atoms with Gasteiger partial charge in [-0.25, -0.2) is 0 Å². The summed E-state index contributed by atoms with van der Waals surface area (Å²) in [6.07, 6.45) is 2.60. The monoisotopic (exact) mass is 194 g/mol. The summed E-state index contributed by atoms with van der Waals surface area (Å²) in [7, 11) is 1.39. The van der Waals surface area contributed by atoms with Crippen molar-refractivity contribution >= 4 is 11.6 Å². The number of hydrogen-bond donors (Lipinski definition) is 0. The Labute approximate surface area is 83.4 Å². The summed E-state index contributed by atoms with van der Waals surface area (Å²) in [5.74, 6) is -0.256. The Kier molecular flexibility index (Phi) is 2.60. The zero-order valence-corrected chi connectivity index (χ0v) is 8.88. The Bertz CT molecular complexity index is 340. The molecule has 0 saturated carbocycles. The average Bonchev–Trinajstić information content (AvgIpc) is 2.06. The molecule has 14 heavy (non-hydrogen) atoms. The Morgan fingerprint density at radius 2 is 1.71 bits per heavy atom. The smallest absolute Gasteiger partial charge is 0.224 e. The fourth-order valence-corrected chi connectivity index (χ4v) is 1.29. The fourth-order valence-electron chi connectivity index (χ4n) is 1.29. The van der Waals surface area contributed by atoms with Crippen molar-refractivity contribution in [2.45, 2.75) is 20.8 Å². The van der Waals surface area contributed by atoms with Crippen molar-refractivity contribution in [1.82, 2.24) is 0 Å². The van der Waals surface area contributed by atoms with Crippen LogP contribution >= 0.6 is 0 Å². The van der Waals surface area contributed by atoms with E-state index in [1.165, 1.54) is 19.3 Å². The first-order valence-corrected chi connectivity index (χ1v) is 4.43. The number of allylic oxidation sites excluding steroid dienone is 3. The van der Waals surface area contributed by atoms with Crippen LogP contribution in [-0.4, -0.2) is 18.7 Å². The molecule has 1 aliphatic rings. The van der Waals surface area contributed by atoms with E-state index in [4.69, 9.17) is 4.74 Å². The molecule has 0 aromatic carbocycles. The molecular formula is C11H14O3. The van der Waals surface area contributed by atoms with Crippen molar-refractivity contribution in [3.63, 3.8) is 0 Å². The molecule has 0 aliphatic heterocycles. The average molecular weight is 194 g/mol. The molecular weight excluding hydrogens is 180 g/mol. The van der Waals surface area contributed by atoms with E-state index >= 15 is 0 Å². The SMILES string of the molecule is COC1=CC(=O)C=C(C(C)(C)C)C1=O. The van der Waals surface area contributed by atoms with E-state index in [-0.39, 0.29) is 22.7 Å². The van der Waals surface area contributed by atoms with E-state index in [1.54, 1.807) is 0 Å². The number of ketones is 2. The minimum absolute atomic E-state index is 0.127. The van der Waals surface area contributed by atoms with Gasteiger partial charge in [-0.2, -0.15) is 0 Å². The first kappa shape index (κ1) is 10.7. The molecule has 0 saturated heterocycles. The predicted octanol–water partition coefficient (Wildman–Crippen LogP) is 1.64. The first-order chi connectivity index (χ1) is 6.36. The molecule has 0 radical (unpaired) electrons. The Morgan fingerprint density at radius 1 is 1.14 bits per heavy atom. The van der Waals surface area contributed by atoms with Crippen LogP contribution < -0.4 is 0 Å². The molecule has 3 nitrogen and oxygen atoms in total. The van der Waals surface area contributed by atoms with Crippen LogP contribution in [0.3, 0.4) is 0 Å². The molecule has 0 unspecified atom stereocenters. The van der Waals surface area contributed by atoms with E-state index in [9.17, 15) is 9.59 Å². The van der Waals surface area contributed by atoms with Crippen LogP contribution in [0.2, 0.25) is 0 Å². The third-order valence-electron chi connectivity index (χ3n) is 2.06. The molecule has 0 aromatic heterocycles. The van der Waals surface area contributed by atoms with E-state index in [0.29, 0.717) is 5.57 Å². The lowest BCUT2D eigenvalue weighted by Gasteiger charge is -2.23. The molecule has 0 atom stereocenters. The molecule has 0 spiro atoms. The lowest BCUT2D eigenvalue weighted by atomic mass is 9.81. The Morgan fingerprint density at radius 3 is 2.14 bits per heavy atom. The summed E-state index contributed by atoms with van der Waals surface area (Å²) in [5, 5.41) is 0. The number of rotatable bonds is 1. The quantitative estimate of drug-likeness (QED) is 0.596. The van der Waals surface area contributed by atoms with Gasteiger partial charge in [0.05, 0.1) is 7.11 Å². The van der Waals surface area contributed by atoms with Crippen molar-refractivity contribution in [3.8, 4) is 0 Å². The molecule has 0 N–H and O–H groups in total. The molecule has 76 valence electrons. The van der Waals surface area contributed by atoms with Gasteiger partial charge in [-0.3, -0.25) is 9.59 Å². The number of methoxy groups -OCH3 is 1. The summed E-state index contributed by atoms with van der Waals surface area (Å²) in [6, 6.07) is 0. The van der Waals surface area contributed by atoms with Crippen molar-refractivity contribution in [3.05, 3.63) is 23.5 Å². The van der Waals surface area contributed by atoms with E-state index in [0.717, 1.165) is 0 Å². The van der Waals surface area contributed by atoms with Gasteiger partial charge < -0.3 is 4.74 Å². The third-order valence-corrected chi connectivity index (χ3v) is 2.06. The Balaban J connectivity index is 3.12. The standard InChI is InChI=1S/C11H14O3/c1-11(2,3)8-5-7(12)6-9(14-4)10(8)13/h5-6H,1-4H3. The minimum Gasteiger partial charge on any atom is -0.493 e. The van der Waals surface area contributed by atoms with Gasteiger partial charge in [0.1, 0.15) is 0 Å². The van der Waals surface area contributed by atoms with Crippen LogP contribution in [0.15, 0.2) is 23.5 Å². The van der Waals surface area contributed by atoms with Crippen LogP contribution in [-0.2, 0) is 14.3 Å². The highest BCUT2D eigenvalue weighted by Gasteiger charge is 2.30. The zero-order chi connectivity index (χ0) is 10.9. The second-order valence-corrected chi connectivity index (χ2v) is 4.25. The minimum atomic E-state index is -0.329. The van der Waals surface area contributed by atoms with Gasteiger partial charge in [0.2, 0.25) is 5.78 Å². The van der Waals surface area contributed by atoms with Gasteiger partial charge in [-0.15, -0.1) is 0 Å². The molecule has 0 fully saturated rings. The topological polar surface area (TPSA) is 43.4 Å². The van der Waals surface area contributed by atoms with Crippen LogP contribution in [0.1, 0.15) is 20.8 Å². The number of ether oxygens (including phenoxy) is 1. The molecule has 0 aromatic rings. The molecule has 1 rings (SSSR count). The highest BCUT2D eigenvalue weighted by molar-refractivity contribution is 6.19. The van der Waals surface area contributed by atoms with Crippen LogP contribution in [0, 0.1) is 5.41 Å². The second-order valence-electron chi connectivity index (χ2n) is 4.25. The summed E-state index contributed by atoms with van der Waals surface area (Å²) < 4.78 is 4.85. The van der Waals surface area contributed by atoms with Gasteiger partial charge in [0, 0.05) is 11.6 Å². The van der Waals surface area contributed by atoms with Crippen LogP contribution in [0.4, 0.5) is 0 Å². The maximum Gasteiger partial charge on any atom is 0.224 e. The lowest BCUT2D eigenvalue weighted by Crippen LogP contribution is -2.24. The number of carbonyl (C=O) groups excluding carboxylic acids is 2. The fraction of sp³-hybridized carbons (Fsp3) is 0.455. The molecule has 0 heterocycles. The van der Waals surface area contributed by atoms with Crippen molar-refractivity contribution in [2.75, 3.05) is 7.11 Å². The maximum absolute atomic E-state index is 11.7. The lowest BCUT2D eigenvalue weighted by molar-refractivity contribution is -0.118. The van der Waals surface area contributed by atoms with Gasteiger partial charge in [0.25, 0.3) is 0 Å². The molecule has 0 amide bonds. The molecule has 1 aliphatic carbocycles. The largest absolute Gasteiger partial charge is 0.493 e. The number of carbonyl (C=O) groups is 2. The summed E-state index contributed by atoms with van der Waals surface area (Å²) in [6.45, 7) is 5.67. The predicted molar refractivity (Wildman–Crippen MR) is 52.6 cm³/mol. The maximum atomic E-state index is 11.7. The van der Waals surface area contributed by atoms with Crippen molar-refractivity contribution in [1.29, 1.82) is 0 Å². The summed E-state index contributed by atoms with van der Waals surface area (Å²) >= 11 is 0. The summed E-state index contributed by atoms with van der Waals surface area (Å²) in [4.78, 5) is 23.0. The molecule has 3 heteroatoms. The Hall–Kier alpha value is -1.38. The second kappa shape index (κ2) is 3.40. The van der Waals surface area contributed by atoms with Gasteiger partial charge in [0.15, 0.2) is 11.5 Å². The van der Waals surface area contributed by atoms with Crippen LogP contribution in [0.5, 0.6) is 0 Å². The highest BCUT2D eigenvalue weighted by atomic mass is 16.5. The highest BCUT2D eigenvalue weighted by Crippen LogP contribution is 2.30.